The summed E-state index contributed by atoms with van der Waals surface area (Å²) in [5.41, 5.74) is 1.26. The van der Waals surface area contributed by atoms with Crippen molar-refractivity contribution in [2.75, 3.05) is 26.7 Å². The van der Waals surface area contributed by atoms with E-state index in [2.05, 4.69) is 20.4 Å². The number of aromatic nitrogens is 2. The van der Waals surface area contributed by atoms with Gasteiger partial charge in [0.25, 0.3) is 0 Å². The maximum atomic E-state index is 12.4. The summed E-state index contributed by atoms with van der Waals surface area (Å²) in [6.45, 7) is 3.10. The van der Waals surface area contributed by atoms with Gasteiger partial charge in [-0.2, -0.15) is 0 Å². The van der Waals surface area contributed by atoms with Crippen LogP contribution in [0.3, 0.4) is 0 Å². The summed E-state index contributed by atoms with van der Waals surface area (Å²) in [6, 6.07) is 7.61. The van der Waals surface area contributed by atoms with Gasteiger partial charge in [-0.25, -0.2) is 0 Å². The molecule has 1 unspecified atom stereocenters. The predicted molar refractivity (Wildman–Crippen MR) is 95.1 cm³/mol. The molecule has 7 heteroatoms. The van der Waals surface area contributed by atoms with Gasteiger partial charge in [0.1, 0.15) is 11.8 Å². The Balaban J connectivity index is 1.34. The summed E-state index contributed by atoms with van der Waals surface area (Å²) < 4.78 is 11.1. The molecule has 0 radical (unpaired) electrons. The molecule has 0 bridgehead atoms. The van der Waals surface area contributed by atoms with Crippen LogP contribution in [0.25, 0.3) is 11.4 Å². The molecule has 138 valence electrons. The standard InChI is InChI=1S/C19H24N4O3/c1-23(12-14-10-17(22-26-14)16-4-2-3-7-21-16)13-15-11-19(18(24)25-15)5-8-20-9-6-19/h2-4,7,10,15,20H,5-6,8-9,11-13H2,1H3. The molecule has 4 heterocycles. The van der Waals surface area contributed by atoms with Crippen molar-refractivity contribution in [2.24, 2.45) is 5.41 Å². The van der Waals surface area contributed by atoms with E-state index in [1.54, 1.807) is 6.20 Å². The van der Waals surface area contributed by atoms with Gasteiger partial charge in [-0.15, -0.1) is 0 Å². The average molecular weight is 356 g/mol. The molecule has 1 spiro atoms. The number of pyridine rings is 1. The number of nitrogens with one attached hydrogen (secondary N) is 1. The molecular formula is C19H24N4O3. The fourth-order valence-corrected chi connectivity index (χ4v) is 3.95. The molecule has 0 aliphatic carbocycles. The zero-order valence-electron chi connectivity index (χ0n) is 15.0. The highest BCUT2D eigenvalue weighted by Gasteiger charge is 2.49. The van der Waals surface area contributed by atoms with E-state index in [-0.39, 0.29) is 17.5 Å². The molecule has 1 N–H and O–H groups in total. The second-order valence-corrected chi connectivity index (χ2v) is 7.35. The van der Waals surface area contributed by atoms with Gasteiger partial charge in [0, 0.05) is 25.2 Å². The van der Waals surface area contributed by atoms with Gasteiger partial charge in [-0.05, 0) is 45.1 Å². The Morgan fingerprint density at radius 1 is 1.31 bits per heavy atom. The summed E-state index contributed by atoms with van der Waals surface area (Å²) >= 11 is 0. The minimum atomic E-state index is -0.269. The van der Waals surface area contributed by atoms with Crippen LogP contribution in [-0.4, -0.2) is 53.8 Å². The van der Waals surface area contributed by atoms with E-state index in [0.717, 1.165) is 49.5 Å². The van der Waals surface area contributed by atoms with Crippen molar-refractivity contribution in [1.82, 2.24) is 20.4 Å². The van der Waals surface area contributed by atoms with Gasteiger partial charge < -0.3 is 14.6 Å². The summed E-state index contributed by atoms with van der Waals surface area (Å²) in [5, 5.41) is 7.41. The number of carbonyl (C=O) groups excluding carboxylic acids is 1. The molecule has 4 rings (SSSR count). The molecule has 2 fully saturated rings. The average Bonchev–Trinajstić information content (AvgIpc) is 3.22. The number of ether oxygens (including phenoxy) is 1. The highest BCUT2D eigenvalue weighted by Crippen LogP contribution is 2.41. The minimum Gasteiger partial charge on any atom is -0.461 e. The van der Waals surface area contributed by atoms with Gasteiger partial charge in [0.15, 0.2) is 5.76 Å². The molecule has 2 aromatic heterocycles. The van der Waals surface area contributed by atoms with E-state index in [1.807, 2.05) is 31.3 Å². The van der Waals surface area contributed by atoms with Crippen LogP contribution in [0.4, 0.5) is 0 Å². The summed E-state index contributed by atoms with van der Waals surface area (Å²) in [6.07, 6.45) is 4.25. The molecule has 2 saturated heterocycles. The zero-order valence-corrected chi connectivity index (χ0v) is 15.0. The van der Waals surface area contributed by atoms with Gasteiger partial charge in [-0.3, -0.25) is 14.7 Å². The van der Waals surface area contributed by atoms with Crippen LogP contribution in [0.1, 0.15) is 25.0 Å². The number of rotatable bonds is 5. The van der Waals surface area contributed by atoms with Crippen molar-refractivity contribution in [1.29, 1.82) is 0 Å². The maximum absolute atomic E-state index is 12.4. The van der Waals surface area contributed by atoms with Gasteiger partial charge in [0.05, 0.1) is 17.7 Å². The molecule has 0 aromatic carbocycles. The quantitative estimate of drug-likeness (QED) is 0.819. The highest BCUT2D eigenvalue weighted by atomic mass is 16.6. The Morgan fingerprint density at radius 2 is 2.15 bits per heavy atom. The monoisotopic (exact) mass is 356 g/mol. The first-order valence-corrected chi connectivity index (χ1v) is 9.12. The lowest BCUT2D eigenvalue weighted by Crippen LogP contribution is -2.39. The first-order chi connectivity index (χ1) is 12.6. The molecule has 0 amide bonds. The first kappa shape index (κ1) is 17.2. The third kappa shape index (κ3) is 3.50. The number of hydrogen-bond donors (Lipinski definition) is 1. The van der Waals surface area contributed by atoms with E-state index in [4.69, 9.17) is 9.26 Å². The molecule has 26 heavy (non-hydrogen) atoms. The lowest BCUT2D eigenvalue weighted by atomic mass is 9.76. The van der Waals surface area contributed by atoms with Gasteiger partial charge in [0.2, 0.25) is 0 Å². The number of likely N-dealkylation sites (N-methyl/N-ethyl adjacent to an activating group) is 1. The molecule has 7 nitrogen and oxygen atoms in total. The van der Waals surface area contributed by atoms with E-state index < -0.39 is 0 Å². The van der Waals surface area contributed by atoms with E-state index >= 15 is 0 Å². The Kier molecular flexibility index (Phi) is 4.74. The van der Waals surface area contributed by atoms with Crippen molar-refractivity contribution in [2.45, 2.75) is 31.9 Å². The Bertz CT molecular complexity index is 755. The Hall–Kier alpha value is -2.25. The van der Waals surface area contributed by atoms with E-state index in [1.165, 1.54) is 0 Å². The number of piperidine rings is 1. The van der Waals surface area contributed by atoms with Gasteiger partial charge >= 0.3 is 5.97 Å². The van der Waals surface area contributed by atoms with Crippen LogP contribution in [0.15, 0.2) is 35.0 Å². The molecule has 1 atom stereocenters. The maximum Gasteiger partial charge on any atom is 0.312 e. The molecular weight excluding hydrogens is 332 g/mol. The van der Waals surface area contributed by atoms with Crippen LogP contribution in [0.2, 0.25) is 0 Å². The minimum absolute atomic E-state index is 0.0190. The van der Waals surface area contributed by atoms with Gasteiger partial charge in [-0.1, -0.05) is 11.2 Å². The number of cyclic esters (lactones) is 1. The van der Waals surface area contributed by atoms with Crippen LogP contribution in [0.5, 0.6) is 0 Å². The molecule has 2 aromatic rings. The SMILES string of the molecule is CN(Cc1cc(-c2ccccn2)no1)CC1CC2(CCNCC2)C(=O)O1. The zero-order chi connectivity index (χ0) is 18.0. The lowest BCUT2D eigenvalue weighted by Gasteiger charge is -2.29. The number of nitrogens with zero attached hydrogens (tertiary/aromatic N) is 3. The fourth-order valence-electron chi connectivity index (χ4n) is 3.95. The van der Waals surface area contributed by atoms with Crippen molar-refractivity contribution in [3.63, 3.8) is 0 Å². The van der Waals surface area contributed by atoms with E-state index in [9.17, 15) is 4.79 Å². The topological polar surface area (TPSA) is 80.5 Å². The van der Waals surface area contributed by atoms with E-state index in [0.29, 0.717) is 13.1 Å². The molecule has 0 saturated carbocycles. The van der Waals surface area contributed by atoms with Crippen LogP contribution >= 0.6 is 0 Å². The highest BCUT2D eigenvalue weighted by molar-refractivity contribution is 5.79. The third-order valence-electron chi connectivity index (χ3n) is 5.31. The third-order valence-corrected chi connectivity index (χ3v) is 5.31. The van der Waals surface area contributed by atoms with Crippen molar-refractivity contribution < 1.29 is 14.1 Å². The second kappa shape index (κ2) is 7.17. The number of hydrogen-bond acceptors (Lipinski definition) is 7. The smallest absolute Gasteiger partial charge is 0.312 e. The lowest BCUT2D eigenvalue weighted by molar-refractivity contribution is -0.150. The van der Waals surface area contributed by atoms with Crippen LogP contribution in [-0.2, 0) is 16.1 Å². The summed E-state index contributed by atoms with van der Waals surface area (Å²) in [5.74, 6) is 0.753. The fraction of sp³-hybridized carbons (Fsp3) is 0.526. The second-order valence-electron chi connectivity index (χ2n) is 7.35. The molecule has 2 aliphatic rings. The predicted octanol–water partition coefficient (Wildman–Crippen LogP) is 1.85. The molecule has 2 aliphatic heterocycles. The normalized spacial score (nSPS) is 22.1. The van der Waals surface area contributed by atoms with Crippen molar-refractivity contribution >= 4 is 5.97 Å². The van der Waals surface area contributed by atoms with Crippen LogP contribution in [0, 0.1) is 5.41 Å². The van der Waals surface area contributed by atoms with Crippen LogP contribution < -0.4 is 5.32 Å². The summed E-state index contributed by atoms with van der Waals surface area (Å²) in [4.78, 5) is 18.8. The first-order valence-electron chi connectivity index (χ1n) is 9.12. The largest absolute Gasteiger partial charge is 0.461 e. The Morgan fingerprint density at radius 3 is 2.92 bits per heavy atom. The summed E-state index contributed by atoms with van der Waals surface area (Å²) in [7, 11) is 2.00. The Labute approximate surface area is 152 Å². The number of esters is 1. The van der Waals surface area contributed by atoms with Crippen molar-refractivity contribution in [3.05, 3.63) is 36.2 Å². The van der Waals surface area contributed by atoms with Crippen molar-refractivity contribution in [3.8, 4) is 11.4 Å². The number of carbonyl (C=O) groups is 1.